The molecule has 0 N–H and O–H groups in total. The molecule has 0 radical (unpaired) electrons. The summed E-state index contributed by atoms with van der Waals surface area (Å²) < 4.78 is 27.7. The van der Waals surface area contributed by atoms with E-state index in [0.29, 0.717) is 24.6 Å². The smallest absolute Gasteiger partial charge is 0.217 e. The Hall–Kier alpha value is -1.14. The van der Waals surface area contributed by atoms with Crippen LogP contribution in [0.3, 0.4) is 0 Å². The minimum Gasteiger partial charge on any atom is -0.272 e. The maximum atomic E-state index is 12.1. The fraction of sp³-hybridized carbons (Fsp3) is 0.615. The summed E-state index contributed by atoms with van der Waals surface area (Å²) in [6.07, 6.45) is 5.52. The van der Waals surface area contributed by atoms with Crippen molar-refractivity contribution in [3.8, 4) is 0 Å². The van der Waals surface area contributed by atoms with E-state index in [4.69, 9.17) is 0 Å². The number of hydrogen-bond acceptors (Lipinski definition) is 3. The van der Waals surface area contributed by atoms with Gasteiger partial charge in [-0.15, -0.1) is 0 Å². The van der Waals surface area contributed by atoms with E-state index in [0.717, 1.165) is 19.4 Å². The molecule has 19 heavy (non-hydrogen) atoms. The van der Waals surface area contributed by atoms with Crippen LogP contribution < -0.4 is 0 Å². The maximum Gasteiger partial charge on any atom is 0.217 e. The first kappa shape index (κ1) is 14.3. The van der Waals surface area contributed by atoms with Gasteiger partial charge in [-0.05, 0) is 31.7 Å². The lowest BCUT2D eigenvalue weighted by Crippen LogP contribution is -2.40. The third-order valence-corrected chi connectivity index (χ3v) is 5.41. The van der Waals surface area contributed by atoms with Crippen molar-refractivity contribution in [1.29, 1.82) is 0 Å². The second-order valence-electron chi connectivity index (χ2n) is 5.28. The summed E-state index contributed by atoms with van der Waals surface area (Å²) in [6, 6.07) is 1.91. The second kappa shape index (κ2) is 5.88. The molecule has 0 amide bonds. The van der Waals surface area contributed by atoms with E-state index in [9.17, 15) is 8.42 Å². The molecule has 2 heterocycles. The van der Waals surface area contributed by atoms with Crippen LogP contribution >= 0.6 is 0 Å². The molecule has 1 aromatic heterocycles. The normalized spacial score (nSPS) is 18.6. The summed E-state index contributed by atoms with van der Waals surface area (Å²) in [5, 5.41) is 4.19. The van der Waals surface area contributed by atoms with Gasteiger partial charge in [0.15, 0.2) is 0 Å². The average Bonchev–Trinajstić information content (AvgIpc) is 2.81. The van der Waals surface area contributed by atoms with E-state index in [1.54, 1.807) is 17.4 Å². The highest BCUT2D eigenvalue weighted by atomic mass is 32.2. The van der Waals surface area contributed by atoms with E-state index < -0.39 is 10.0 Å². The lowest BCUT2D eigenvalue weighted by Gasteiger charge is -2.31. The second-order valence-corrected chi connectivity index (χ2v) is 7.25. The summed E-state index contributed by atoms with van der Waals surface area (Å²) in [5.74, 6) is 0.577. The van der Waals surface area contributed by atoms with Crippen LogP contribution in [0.2, 0.25) is 0 Å². The van der Waals surface area contributed by atoms with Crippen molar-refractivity contribution in [2.75, 3.05) is 18.8 Å². The average molecular weight is 283 g/mol. The van der Waals surface area contributed by atoms with Crippen LogP contribution in [-0.2, 0) is 16.6 Å². The van der Waals surface area contributed by atoms with Crippen LogP contribution in [0.5, 0.6) is 0 Å². The Morgan fingerprint density at radius 2 is 2.11 bits per heavy atom. The highest BCUT2D eigenvalue weighted by molar-refractivity contribution is 7.89. The predicted molar refractivity (Wildman–Crippen MR) is 75.1 cm³/mol. The van der Waals surface area contributed by atoms with Gasteiger partial charge in [0, 0.05) is 32.0 Å². The fourth-order valence-electron chi connectivity index (χ4n) is 2.45. The minimum atomic E-state index is -3.16. The standard InChI is InChI=1S/C13H21N3O2S/c1-12(2)11-19(17,18)16-8-4-13(5-9-16)10-15-7-3-6-14-15/h3,6-7,13H,1,4-5,8-11H2,2H3. The topological polar surface area (TPSA) is 55.2 Å². The summed E-state index contributed by atoms with van der Waals surface area (Å²) in [5.41, 5.74) is 0.693. The molecule has 1 aliphatic rings. The highest BCUT2D eigenvalue weighted by Gasteiger charge is 2.27. The molecule has 1 saturated heterocycles. The Morgan fingerprint density at radius 1 is 1.42 bits per heavy atom. The van der Waals surface area contributed by atoms with Gasteiger partial charge in [-0.25, -0.2) is 12.7 Å². The number of nitrogens with zero attached hydrogens (tertiary/aromatic N) is 3. The molecule has 1 fully saturated rings. The van der Waals surface area contributed by atoms with Crippen molar-refractivity contribution in [1.82, 2.24) is 14.1 Å². The number of rotatable bonds is 5. The SMILES string of the molecule is C=C(C)CS(=O)(=O)N1CCC(Cn2cccn2)CC1. The van der Waals surface area contributed by atoms with Gasteiger partial charge in [-0.1, -0.05) is 12.2 Å². The van der Waals surface area contributed by atoms with Gasteiger partial charge in [0.05, 0.1) is 5.75 Å². The van der Waals surface area contributed by atoms with E-state index in [-0.39, 0.29) is 5.75 Å². The van der Waals surface area contributed by atoms with Crippen molar-refractivity contribution in [3.05, 3.63) is 30.6 Å². The quantitative estimate of drug-likeness (QED) is 0.770. The molecule has 0 spiro atoms. The van der Waals surface area contributed by atoms with Crippen LogP contribution in [0.4, 0.5) is 0 Å². The molecule has 1 aliphatic heterocycles. The first-order valence-electron chi connectivity index (χ1n) is 6.57. The number of aromatic nitrogens is 2. The molecular formula is C13H21N3O2S. The van der Waals surface area contributed by atoms with Crippen molar-refractivity contribution in [2.24, 2.45) is 5.92 Å². The molecule has 0 unspecified atom stereocenters. The van der Waals surface area contributed by atoms with Crippen molar-refractivity contribution in [3.63, 3.8) is 0 Å². The summed E-state index contributed by atoms with van der Waals surface area (Å²) in [4.78, 5) is 0. The number of sulfonamides is 1. The molecule has 0 aliphatic carbocycles. The maximum absolute atomic E-state index is 12.1. The zero-order valence-corrected chi connectivity index (χ0v) is 12.1. The molecule has 0 bridgehead atoms. The fourth-order valence-corrected chi connectivity index (χ4v) is 4.02. The Balaban J connectivity index is 1.87. The lowest BCUT2D eigenvalue weighted by atomic mass is 9.98. The van der Waals surface area contributed by atoms with E-state index in [1.165, 1.54) is 0 Å². The first-order chi connectivity index (χ1) is 8.97. The van der Waals surface area contributed by atoms with Gasteiger partial charge in [-0.2, -0.15) is 5.10 Å². The highest BCUT2D eigenvalue weighted by Crippen LogP contribution is 2.21. The first-order valence-corrected chi connectivity index (χ1v) is 8.18. The Labute approximate surface area is 115 Å². The predicted octanol–water partition coefficient (Wildman–Crippen LogP) is 1.50. The minimum absolute atomic E-state index is 0.0663. The van der Waals surface area contributed by atoms with Crippen LogP contribution in [0, 0.1) is 5.92 Å². The summed E-state index contributed by atoms with van der Waals surface area (Å²) in [6.45, 7) is 7.54. The third kappa shape index (κ3) is 3.91. The van der Waals surface area contributed by atoms with Crippen LogP contribution in [0.25, 0.3) is 0 Å². The van der Waals surface area contributed by atoms with Crippen LogP contribution in [0.15, 0.2) is 30.6 Å². The van der Waals surface area contributed by atoms with Crippen molar-refractivity contribution < 1.29 is 8.42 Å². The van der Waals surface area contributed by atoms with Gasteiger partial charge in [0.2, 0.25) is 10.0 Å². The Bertz CT molecular complexity index is 514. The molecule has 5 nitrogen and oxygen atoms in total. The molecular weight excluding hydrogens is 262 g/mol. The number of piperidine rings is 1. The van der Waals surface area contributed by atoms with Crippen molar-refractivity contribution in [2.45, 2.75) is 26.3 Å². The van der Waals surface area contributed by atoms with Crippen LogP contribution in [-0.4, -0.2) is 41.3 Å². The zero-order chi connectivity index (χ0) is 13.9. The summed E-state index contributed by atoms with van der Waals surface area (Å²) >= 11 is 0. The lowest BCUT2D eigenvalue weighted by molar-refractivity contribution is 0.247. The molecule has 0 saturated carbocycles. The monoisotopic (exact) mass is 283 g/mol. The van der Waals surface area contributed by atoms with Gasteiger partial charge in [-0.3, -0.25) is 4.68 Å². The largest absolute Gasteiger partial charge is 0.272 e. The molecule has 2 rings (SSSR count). The molecule has 106 valence electrons. The van der Waals surface area contributed by atoms with E-state index in [1.807, 2.05) is 16.9 Å². The summed E-state index contributed by atoms with van der Waals surface area (Å²) in [7, 11) is -3.16. The van der Waals surface area contributed by atoms with E-state index >= 15 is 0 Å². The molecule has 6 heteroatoms. The third-order valence-electron chi connectivity index (χ3n) is 3.40. The molecule has 0 atom stereocenters. The van der Waals surface area contributed by atoms with Crippen molar-refractivity contribution >= 4 is 10.0 Å². The van der Waals surface area contributed by atoms with E-state index in [2.05, 4.69) is 11.7 Å². The Kier molecular flexibility index (Phi) is 4.42. The Morgan fingerprint density at radius 3 is 2.63 bits per heavy atom. The van der Waals surface area contributed by atoms with Gasteiger partial charge in [0.25, 0.3) is 0 Å². The molecule has 1 aromatic rings. The van der Waals surface area contributed by atoms with Gasteiger partial charge in [0.1, 0.15) is 0 Å². The van der Waals surface area contributed by atoms with Crippen LogP contribution in [0.1, 0.15) is 19.8 Å². The van der Waals surface area contributed by atoms with Gasteiger partial charge >= 0.3 is 0 Å². The zero-order valence-electron chi connectivity index (χ0n) is 11.3. The molecule has 0 aromatic carbocycles. The number of hydrogen-bond donors (Lipinski definition) is 0. The van der Waals surface area contributed by atoms with Gasteiger partial charge < -0.3 is 0 Å².